The molecule has 2 fully saturated rings. The van der Waals surface area contributed by atoms with Crippen molar-refractivity contribution < 1.29 is 9.59 Å². The zero-order valence-corrected chi connectivity index (χ0v) is 20.1. The first-order valence-corrected chi connectivity index (χ1v) is 12.2. The molecular weight excluding hydrogens is 412 g/mol. The Morgan fingerprint density at radius 3 is 2.30 bits per heavy atom. The third-order valence-electron chi connectivity index (χ3n) is 6.88. The number of nitrogens with zero attached hydrogens (tertiary/aromatic N) is 2. The van der Waals surface area contributed by atoms with Gasteiger partial charge in [0.25, 0.3) is 5.91 Å². The number of anilines is 3. The minimum atomic E-state index is -0.308. The zero-order chi connectivity index (χ0) is 23.4. The molecule has 6 heteroatoms. The molecule has 2 aliphatic heterocycles. The summed E-state index contributed by atoms with van der Waals surface area (Å²) in [6.45, 7) is 9.79. The summed E-state index contributed by atoms with van der Waals surface area (Å²) in [5, 5.41) is 5.85. The monoisotopic (exact) mass is 448 g/mol. The molecule has 0 bridgehead atoms. The maximum atomic E-state index is 13.5. The molecule has 2 aliphatic rings. The number of urea groups is 1. The third kappa shape index (κ3) is 5.67. The minimum absolute atomic E-state index is 0.0703. The van der Waals surface area contributed by atoms with Crippen LogP contribution in [0.3, 0.4) is 0 Å². The Balaban J connectivity index is 1.55. The molecule has 3 amide bonds. The van der Waals surface area contributed by atoms with Gasteiger partial charge < -0.3 is 20.4 Å². The van der Waals surface area contributed by atoms with Gasteiger partial charge in [0.15, 0.2) is 0 Å². The molecule has 0 spiro atoms. The third-order valence-corrected chi connectivity index (χ3v) is 6.88. The Bertz CT molecular complexity index is 1010. The molecule has 2 heterocycles. The predicted octanol–water partition coefficient (Wildman–Crippen LogP) is 5.81. The molecule has 6 nitrogen and oxygen atoms in total. The highest BCUT2D eigenvalue weighted by Gasteiger charge is 2.26. The average molecular weight is 449 g/mol. The maximum Gasteiger partial charge on any atom is 0.323 e. The zero-order valence-electron chi connectivity index (χ0n) is 20.1. The van der Waals surface area contributed by atoms with Crippen LogP contribution in [0.1, 0.15) is 60.5 Å². The summed E-state index contributed by atoms with van der Waals surface area (Å²) >= 11 is 0. The Morgan fingerprint density at radius 1 is 0.879 bits per heavy atom. The lowest BCUT2D eigenvalue weighted by Gasteiger charge is -2.34. The molecule has 0 unspecified atom stereocenters. The first-order valence-electron chi connectivity index (χ1n) is 12.2. The summed E-state index contributed by atoms with van der Waals surface area (Å²) in [4.78, 5) is 30.5. The van der Waals surface area contributed by atoms with Crippen molar-refractivity contribution in [2.75, 3.05) is 41.7 Å². The number of carbonyl (C=O) groups is 2. The van der Waals surface area contributed by atoms with Crippen molar-refractivity contribution in [2.45, 2.75) is 52.9 Å². The molecule has 0 radical (unpaired) electrons. The summed E-state index contributed by atoms with van der Waals surface area (Å²) in [5.74, 6) is 0.735. The van der Waals surface area contributed by atoms with Gasteiger partial charge in [-0.25, -0.2) is 4.79 Å². The molecule has 0 aliphatic carbocycles. The standard InChI is InChI=1S/C27H36N4O2/c1-19-11-15-31(16-12-19)26(32)23-18-22(8-10-25(23)30-13-5-4-6-14-30)28-27(33)29-24-9-7-20(2)17-21(24)3/h7-10,17-19H,4-6,11-16H2,1-3H3,(H2,28,29,33). The van der Waals surface area contributed by atoms with E-state index in [1.165, 1.54) is 6.42 Å². The van der Waals surface area contributed by atoms with Crippen LogP contribution in [0.5, 0.6) is 0 Å². The van der Waals surface area contributed by atoms with E-state index in [-0.39, 0.29) is 11.9 Å². The number of benzene rings is 2. The predicted molar refractivity (Wildman–Crippen MR) is 135 cm³/mol. The van der Waals surface area contributed by atoms with Crippen LogP contribution in [-0.2, 0) is 0 Å². The summed E-state index contributed by atoms with van der Waals surface area (Å²) in [5.41, 5.74) is 5.26. The van der Waals surface area contributed by atoms with Crippen molar-refractivity contribution in [2.24, 2.45) is 5.92 Å². The van der Waals surface area contributed by atoms with Gasteiger partial charge in [-0.15, -0.1) is 0 Å². The van der Waals surface area contributed by atoms with Gasteiger partial charge in [0.1, 0.15) is 0 Å². The fourth-order valence-corrected chi connectivity index (χ4v) is 4.82. The second-order valence-corrected chi connectivity index (χ2v) is 9.65. The van der Waals surface area contributed by atoms with Crippen molar-refractivity contribution in [3.8, 4) is 0 Å². The number of aryl methyl sites for hydroxylation is 2. The molecule has 33 heavy (non-hydrogen) atoms. The number of hydrogen-bond acceptors (Lipinski definition) is 3. The highest BCUT2D eigenvalue weighted by molar-refractivity contribution is 6.04. The largest absolute Gasteiger partial charge is 0.371 e. The van der Waals surface area contributed by atoms with E-state index in [1.54, 1.807) is 0 Å². The van der Waals surface area contributed by atoms with Crippen LogP contribution in [0.4, 0.5) is 21.9 Å². The van der Waals surface area contributed by atoms with Gasteiger partial charge in [-0.2, -0.15) is 0 Å². The lowest BCUT2D eigenvalue weighted by atomic mass is 9.98. The van der Waals surface area contributed by atoms with E-state index in [1.807, 2.05) is 55.1 Å². The molecule has 2 N–H and O–H groups in total. The number of hydrogen-bond donors (Lipinski definition) is 2. The second-order valence-electron chi connectivity index (χ2n) is 9.65. The van der Waals surface area contributed by atoms with Gasteiger partial charge in [0, 0.05) is 43.2 Å². The second kappa shape index (κ2) is 10.3. The van der Waals surface area contributed by atoms with Crippen LogP contribution >= 0.6 is 0 Å². The van der Waals surface area contributed by atoms with E-state index in [2.05, 4.69) is 22.5 Å². The number of piperidine rings is 2. The smallest absolute Gasteiger partial charge is 0.323 e. The van der Waals surface area contributed by atoms with E-state index in [9.17, 15) is 9.59 Å². The lowest BCUT2D eigenvalue weighted by Crippen LogP contribution is -2.39. The summed E-state index contributed by atoms with van der Waals surface area (Å²) in [6.07, 6.45) is 5.62. The Labute approximate surface area is 197 Å². The molecule has 2 aromatic rings. The average Bonchev–Trinajstić information content (AvgIpc) is 2.81. The van der Waals surface area contributed by atoms with Crippen LogP contribution in [0.15, 0.2) is 36.4 Å². The van der Waals surface area contributed by atoms with Gasteiger partial charge in [0.2, 0.25) is 0 Å². The van der Waals surface area contributed by atoms with Crippen molar-refractivity contribution >= 4 is 29.0 Å². The van der Waals surface area contributed by atoms with Gasteiger partial charge >= 0.3 is 6.03 Å². The minimum Gasteiger partial charge on any atom is -0.371 e. The van der Waals surface area contributed by atoms with Crippen molar-refractivity contribution in [1.82, 2.24) is 4.90 Å². The summed E-state index contributed by atoms with van der Waals surface area (Å²) in [7, 11) is 0. The first-order chi connectivity index (χ1) is 15.9. The van der Waals surface area contributed by atoms with Gasteiger partial charge in [-0.05, 0) is 81.7 Å². The molecule has 0 aromatic heterocycles. The van der Waals surface area contributed by atoms with Crippen LogP contribution in [-0.4, -0.2) is 43.0 Å². The normalized spacial score (nSPS) is 17.1. The van der Waals surface area contributed by atoms with E-state index >= 15 is 0 Å². The van der Waals surface area contributed by atoms with Gasteiger partial charge in [-0.3, -0.25) is 4.79 Å². The topological polar surface area (TPSA) is 64.7 Å². The molecule has 0 atom stereocenters. The van der Waals surface area contributed by atoms with Crippen molar-refractivity contribution in [3.63, 3.8) is 0 Å². The van der Waals surface area contributed by atoms with Crippen LogP contribution in [0, 0.1) is 19.8 Å². The van der Waals surface area contributed by atoms with Crippen molar-refractivity contribution in [1.29, 1.82) is 0 Å². The highest BCUT2D eigenvalue weighted by atomic mass is 16.2. The van der Waals surface area contributed by atoms with Crippen LogP contribution < -0.4 is 15.5 Å². The van der Waals surface area contributed by atoms with E-state index in [4.69, 9.17) is 0 Å². The number of rotatable bonds is 4. The van der Waals surface area contributed by atoms with E-state index < -0.39 is 0 Å². The van der Waals surface area contributed by atoms with E-state index in [0.29, 0.717) is 17.2 Å². The Kier molecular flexibility index (Phi) is 7.21. The quantitative estimate of drug-likeness (QED) is 0.620. The van der Waals surface area contributed by atoms with Gasteiger partial charge in [0.05, 0.1) is 5.56 Å². The lowest BCUT2D eigenvalue weighted by molar-refractivity contribution is 0.0697. The van der Waals surface area contributed by atoms with Crippen LogP contribution in [0.25, 0.3) is 0 Å². The van der Waals surface area contributed by atoms with Crippen molar-refractivity contribution in [3.05, 3.63) is 53.1 Å². The summed E-state index contributed by atoms with van der Waals surface area (Å²) < 4.78 is 0. The maximum absolute atomic E-state index is 13.5. The Hall–Kier alpha value is -3.02. The molecule has 4 rings (SSSR count). The molecular formula is C27H36N4O2. The summed E-state index contributed by atoms with van der Waals surface area (Å²) in [6, 6.07) is 11.4. The SMILES string of the molecule is Cc1ccc(NC(=O)Nc2ccc(N3CCCCC3)c(C(=O)N3CCC(C)CC3)c2)c(C)c1. The molecule has 0 saturated carbocycles. The first kappa shape index (κ1) is 23.1. The number of amides is 3. The molecule has 176 valence electrons. The highest BCUT2D eigenvalue weighted by Crippen LogP contribution is 2.30. The number of carbonyl (C=O) groups excluding carboxylic acids is 2. The number of likely N-dealkylation sites (tertiary alicyclic amines) is 1. The molecule has 2 aromatic carbocycles. The van der Waals surface area contributed by atoms with Gasteiger partial charge in [-0.1, -0.05) is 24.6 Å². The van der Waals surface area contributed by atoms with E-state index in [0.717, 1.165) is 74.4 Å². The van der Waals surface area contributed by atoms with Crippen LogP contribution in [0.2, 0.25) is 0 Å². The Morgan fingerprint density at radius 2 is 1.61 bits per heavy atom. The molecule has 2 saturated heterocycles. The fourth-order valence-electron chi connectivity index (χ4n) is 4.82. The fraction of sp³-hybridized carbons (Fsp3) is 0.481. The number of nitrogens with one attached hydrogen (secondary N) is 2.